The van der Waals surface area contributed by atoms with Crippen LogP contribution in [0.2, 0.25) is 0 Å². The van der Waals surface area contributed by atoms with Crippen molar-refractivity contribution < 1.29 is 13.5 Å². The Balaban J connectivity index is 1.60. The van der Waals surface area contributed by atoms with Crippen molar-refractivity contribution in [1.82, 2.24) is 9.47 Å². The molecule has 1 saturated heterocycles. The van der Waals surface area contributed by atoms with Crippen molar-refractivity contribution in [2.24, 2.45) is 0 Å². The van der Waals surface area contributed by atoms with Gasteiger partial charge in [0.25, 0.3) is 5.56 Å². The van der Waals surface area contributed by atoms with Crippen LogP contribution >= 0.6 is 0 Å². The van der Waals surface area contributed by atoms with Gasteiger partial charge in [0, 0.05) is 18.8 Å². The molecule has 138 valence electrons. The second-order valence-electron chi connectivity index (χ2n) is 6.32. The number of ether oxygens (including phenoxy) is 1. The fourth-order valence-electron chi connectivity index (χ4n) is 3.01. The van der Waals surface area contributed by atoms with Crippen LogP contribution in [0.1, 0.15) is 25.8 Å². The zero-order valence-corrected chi connectivity index (χ0v) is 14.5. The molecule has 0 bridgehead atoms. The van der Waals surface area contributed by atoms with Crippen LogP contribution in [0, 0.1) is 0 Å². The molecule has 0 radical (unpaired) electrons. The van der Waals surface area contributed by atoms with Crippen molar-refractivity contribution in [3.8, 4) is 16.9 Å². The van der Waals surface area contributed by atoms with Crippen molar-refractivity contribution in [2.75, 3.05) is 19.6 Å². The van der Waals surface area contributed by atoms with Gasteiger partial charge in [0.2, 0.25) is 0 Å². The summed E-state index contributed by atoms with van der Waals surface area (Å²) in [6, 6.07) is 9.80. The summed E-state index contributed by atoms with van der Waals surface area (Å²) in [5.74, 6) is 0.672. The third-order valence-electron chi connectivity index (χ3n) is 4.45. The van der Waals surface area contributed by atoms with Crippen LogP contribution in [-0.2, 0) is 0 Å². The molecule has 3 rings (SSSR count). The van der Waals surface area contributed by atoms with E-state index in [9.17, 15) is 13.6 Å². The van der Waals surface area contributed by atoms with E-state index in [0.717, 1.165) is 31.3 Å². The van der Waals surface area contributed by atoms with Crippen LogP contribution in [0.4, 0.5) is 8.78 Å². The third kappa shape index (κ3) is 4.79. The van der Waals surface area contributed by atoms with Crippen LogP contribution in [0.15, 0.2) is 59.7 Å². The molecule has 0 amide bonds. The summed E-state index contributed by atoms with van der Waals surface area (Å²) in [6.45, 7) is 0.308. The monoisotopic (exact) mass is 360 g/mol. The molecule has 0 unspecified atom stereocenters. The highest BCUT2D eigenvalue weighted by Crippen LogP contribution is 2.22. The van der Waals surface area contributed by atoms with Crippen LogP contribution in [0.3, 0.4) is 0 Å². The fourth-order valence-corrected chi connectivity index (χ4v) is 3.01. The Bertz CT molecular complexity index is 794. The number of benzene rings is 1. The molecule has 2 heterocycles. The van der Waals surface area contributed by atoms with E-state index < -0.39 is 12.1 Å². The Morgan fingerprint density at radius 3 is 2.38 bits per heavy atom. The predicted octanol–water partition coefficient (Wildman–Crippen LogP) is 4.29. The molecule has 6 heteroatoms. The Morgan fingerprint density at radius 1 is 1.00 bits per heavy atom. The largest absolute Gasteiger partial charge is 0.465 e. The van der Waals surface area contributed by atoms with Crippen LogP contribution in [0.25, 0.3) is 11.1 Å². The zero-order chi connectivity index (χ0) is 18.4. The number of hydrogen-bond donors (Lipinski definition) is 0. The second-order valence-corrected chi connectivity index (χ2v) is 6.32. The molecule has 1 aliphatic rings. The van der Waals surface area contributed by atoms with Gasteiger partial charge in [0.15, 0.2) is 0 Å². The van der Waals surface area contributed by atoms with E-state index in [4.69, 9.17) is 4.74 Å². The van der Waals surface area contributed by atoms with Gasteiger partial charge in [-0.25, -0.2) is 0 Å². The third-order valence-corrected chi connectivity index (χ3v) is 4.45. The number of pyridine rings is 1. The first-order valence-electron chi connectivity index (χ1n) is 8.78. The number of rotatable bonds is 6. The van der Waals surface area contributed by atoms with Crippen molar-refractivity contribution in [1.29, 1.82) is 0 Å². The lowest BCUT2D eigenvalue weighted by atomic mass is 10.1. The van der Waals surface area contributed by atoms with Gasteiger partial charge in [0.05, 0.1) is 6.26 Å². The van der Waals surface area contributed by atoms with Gasteiger partial charge in [-0.15, -0.1) is 0 Å². The van der Waals surface area contributed by atoms with E-state index in [2.05, 4.69) is 4.90 Å². The number of likely N-dealkylation sites (tertiary alicyclic amines) is 1. The predicted molar refractivity (Wildman–Crippen MR) is 97.5 cm³/mol. The normalized spacial score (nSPS) is 15.7. The highest BCUT2D eigenvalue weighted by Gasteiger charge is 2.09. The summed E-state index contributed by atoms with van der Waals surface area (Å²) in [6.07, 6.45) is 8.68. The second kappa shape index (κ2) is 8.76. The molecular weight excluding hydrogens is 338 g/mol. The number of hydrogen-bond acceptors (Lipinski definition) is 3. The lowest BCUT2D eigenvalue weighted by Crippen LogP contribution is -2.29. The Labute approximate surface area is 151 Å². The van der Waals surface area contributed by atoms with Gasteiger partial charge < -0.3 is 4.74 Å². The van der Waals surface area contributed by atoms with E-state index in [1.54, 1.807) is 30.5 Å². The molecule has 26 heavy (non-hydrogen) atoms. The van der Waals surface area contributed by atoms with Crippen molar-refractivity contribution in [3.63, 3.8) is 0 Å². The van der Waals surface area contributed by atoms with Crippen LogP contribution in [0.5, 0.6) is 5.75 Å². The van der Waals surface area contributed by atoms with E-state index in [1.165, 1.54) is 31.5 Å². The topological polar surface area (TPSA) is 34.5 Å². The number of piperidine rings is 1. The van der Waals surface area contributed by atoms with Crippen molar-refractivity contribution in [3.05, 3.63) is 65.3 Å². The Hall–Kier alpha value is -2.47. The summed E-state index contributed by atoms with van der Waals surface area (Å²) in [4.78, 5) is 13.8. The summed E-state index contributed by atoms with van der Waals surface area (Å²) >= 11 is 0. The summed E-state index contributed by atoms with van der Waals surface area (Å²) in [5, 5.41) is 0. The molecule has 0 atom stereocenters. The van der Waals surface area contributed by atoms with E-state index in [1.807, 2.05) is 6.08 Å². The van der Waals surface area contributed by atoms with Crippen molar-refractivity contribution in [2.45, 2.75) is 25.8 Å². The lowest BCUT2D eigenvalue weighted by Gasteiger charge is -2.24. The zero-order valence-electron chi connectivity index (χ0n) is 14.5. The number of nitrogens with zero attached hydrogens (tertiary/aromatic N) is 2. The molecule has 4 nitrogen and oxygen atoms in total. The highest BCUT2D eigenvalue weighted by molar-refractivity contribution is 5.63. The maximum atomic E-state index is 12.8. The smallest absolute Gasteiger partial charge is 0.321 e. The van der Waals surface area contributed by atoms with Crippen molar-refractivity contribution >= 4 is 0 Å². The van der Waals surface area contributed by atoms with E-state index in [0.29, 0.717) is 15.9 Å². The standard InChI is InChI=1S/C20H22F2N2O2/c21-20(22)24-15-17(7-10-19(24)25)16-5-8-18(9-6-16)26-14-4-13-23-11-2-1-3-12-23/h4-10,14-15,20H,1-3,11-13H2/b14-4+. The van der Waals surface area contributed by atoms with Gasteiger partial charge in [-0.1, -0.05) is 18.6 Å². The Kier molecular flexibility index (Phi) is 6.17. The SMILES string of the molecule is O=c1ccc(-c2ccc(O/C=C/CN3CCCCC3)cc2)cn1C(F)F. The van der Waals surface area contributed by atoms with Gasteiger partial charge in [-0.3, -0.25) is 14.3 Å². The molecule has 2 aromatic rings. The van der Waals surface area contributed by atoms with Gasteiger partial charge in [-0.05, 0) is 61.3 Å². The molecule has 1 aromatic heterocycles. The first kappa shape index (κ1) is 18.3. The minimum Gasteiger partial charge on any atom is -0.465 e. The minimum atomic E-state index is -2.85. The van der Waals surface area contributed by atoms with Gasteiger partial charge in [-0.2, -0.15) is 8.78 Å². The Morgan fingerprint density at radius 2 is 1.69 bits per heavy atom. The molecule has 0 aliphatic carbocycles. The average Bonchev–Trinajstić information content (AvgIpc) is 2.67. The lowest BCUT2D eigenvalue weighted by molar-refractivity contribution is 0.0665. The fraction of sp³-hybridized carbons (Fsp3) is 0.350. The average molecular weight is 360 g/mol. The van der Waals surface area contributed by atoms with Gasteiger partial charge >= 0.3 is 6.55 Å². The molecule has 1 aromatic carbocycles. The van der Waals surface area contributed by atoms with E-state index >= 15 is 0 Å². The van der Waals surface area contributed by atoms with Crippen LogP contribution in [-0.4, -0.2) is 29.1 Å². The summed E-state index contributed by atoms with van der Waals surface area (Å²) in [5.41, 5.74) is 0.573. The van der Waals surface area contributed by atoms with Gasteiger partial charge in [0.1, 0.15) is 5.75 Å². The minimum absolute atomic E-state index is 0.420. The molecule has 0 N–H and O–H groups in total. The number of halogens is 2. The summed E-state index contributed by atoms with van der Waals surface area (Å²) in [7, 11) is 0. The molecular formula is C20H22F2N2O2. The van der Waals surface area contributed by atoms with E-state index in [-0.39, 0.29) is 0 Å². The quantitative estimate of drug-likeness (QED) is 0.721. The molecule has 1 aliphatic heterocycles. The van der Waals surface area contributed by atoms with Crippen LogP contribution < -0.4 is 10.3 Å². The number of alkyl halides is 2. The molecule has 1 fully saturated rings. The maximum Gasteiger partial charge on any atom is 0.321 e. The first-order valence-corrected chi connectivity index (χ1v) is 8.78. The first-order chi connectivity index (χ1) is 12.6. The highest BCUT2D eigenvalue weighted by atomic mass is 19.3. The molecule has 0 spiro atoms. The number of aromatic nitrogens is 1. The molecule has 0 saturated carbocycles. The maximum absolute atomic E-state index is 12.8. The summed E-state index contributed by atoms with van der Waals surface area (Å²) < 4.78 is 31.7.